The second-order valence-electron chi connectivity index (χ2n) is 14.3. The van der Waals surface area contributed by atoms with Gasteiger partial charge in [0.05, 0.1) is 12.8 Å². The van der Waals surface area contributed by atoms with Crippen LogP contribution in [0.5, 0.6) is 11.5 Å². The second-order valence-corrected chi connectivity index (χ2v) is 14.3. The van der Waals surface area contributed by atoms with E-state index in [1.807, 2.05) is 18.2 Å². The van der Waals surface area contributed by atoms with Crippen LogP contribution in [0.25, 0.3) is 11.1 Å². The number of nitrogens with one attached hydrogen (secondary N) is 1. The molecule has 0 saturated carbocycles. The number of rotatable bonds is 16. The van der Waals surface area contributed by atoms with Crippen LogP contribution in [0.3, 0.4) is 0 Å². The highest BCUT2D eigenvalue weighted by molar-refractivity contribution is 5.98. The minimum absolute atomic E-state index is 0.153. The number of hydrogen-bond donors (Lipinski definition) is 2. The monoisotopic (exact) mass is 763 g/mol. The summed E-state index contributed by atoms with van der Waals surface area (Å²) in [6.45, 7) is 12.4. The number of aromatic hydroxyl groups is 1. The van der Waals surface area contributed by atoms with Crippen LogP contribution in [-0.2, 0) is 17.8 Å². The molecule has 0 aliphatic carbocycles. The maximum absolute atomic E-state index is 12.2. The van der Waals surface area contributed by atoms with Gasteiger partial charge in [-0.15, -0.1) is 6.58 Å². The number of carbonyl (C=O) groups is 1. The Balaban J connectivity index is 0.000000218. The minimum atomic E-state index is -0.153. The van der Waals surface area contributed by atoms with Gasteiger partial charge in [-0.3, -0.25) is 14.6 Å². The molecule has 6 rings (SSSR count). The van der Waals surface area contributed by atoms with Crippen LogP contribution in [0.4, 0.5) is 0 Å². The third-order valence-electron chi connectivity index (χ3n) is 9.78. The quantitative estimate of drug-likeness (QED) is 0.0455. The highest BCUT2D eigenvalue weighted by Crippen LogP contribution is 2.35. The number of ether oxygens (including phenoxy) is 1. The van der Waals surface area contributed by atoms with Crippen molar-refractivity contribution < 1.29 is 14.6 Å². The van der Waals surface area contributed by atoms with E-state index < -0.39 is 0 Å². The van der Waals surface area contributed by atoms with Crippen LogP contribution in [0.1, 0.15) is 46.7 Å². The molecule has 57 heavy (non-hydrogen) atoms. The lowest BCUT2D eigenvalue weighted by atomic mass is 9.88. The molecule has 5 aromatic carbocycles. The molecular formula is C49H57N5O3. The summed E-state index contributed by atoms with van der Waals surface area (Å²) in [5, 5.41) is 14.2. The molecule has 0 radical (unpaired) electrons. The highest BCUT2D eigenvalue weighted by atomic mass is 16.5. The number of amides is 1. The number of hydrazone groups is 1. The Morgan fingerprint density at radius 1 is 0.789 bits per heavy atom. The van der Waals surface area contributed by atoms with Crippen LogP contribution in [-0.4, -0.2) is 91.9 Å². The van der Waals surface area contributed by atoms with Gasteiger partial charge in [0.15, 0.2) is 0 Å². The first-order chi connectivity index (χ1) is 27.8. The molecule has 5 aromatic rings. The van der Waals surface area contributed by atoms with Gasteiger partial charge in [0.1, 0.15) is 18.1 Å². The van der Waals surface area contributed by atoms with Gasteiger partial charge in [0, 0.05) is 44.8 Å². The molecular weight excluding hydrogens is 707 g/mol. The summed E-state index contributed by atoms with van der Waals surface area (Å²) in [5.41, 5.74) is 11.6. The summed E-state index contributed by atoms with van der Waals surface area (Å²) >= 11 is 0. The van der Waals surface area contributed by atoms with Crippen molar-refractivity contribution in [2.75, 3.05) is 60.0 Å². The number of hydrogen-bond acceptors (Lipinski definition) is 7. The van der Waals surface area contributed by atoms with Crippen LogP contribution in [0.2, 0.25) is 0 Å². The molecule has 8 heteroatoms. The van der Waals surface area contributed by atoms with Crippen LogP contribution < -0.4 is 10.2 Å². The van der Waals surface area contributed by atoms with Crippen molar-refractivity contribution >= 4 is 23.3 Å². The fourth-order valence-electron chi connectivity index (χ4n) is 6.74. The van der Waals surface area contributed by atoms with Gasteiger partial charge < -0.3 is 14.7 Å². The van der Waals surface area contributed by atoms with Gasteiger partial charge in [-0.25, -0.2) is 5.43 Å². The van der Waals surface area contributed by atoms with Crippen LogP contribution in [0, 0.1) is 0 Å². The highest BCUT2D eigenvalue weighted by Gasteiger charge is 2.19. The first kappa shape index (κ1) is 42.3. The van der Waals surface area contributed by atoms with Crippen molar-refractivity contribution in [3.8, 4) is 11.5 Å². The van der Waals surface area contributed by atoms with Crippen molar-refractivity contribution in [2.45, 2.75) is 26.3 Å². The maximum Gasteiger partial charge on any atom is 0.254 e. The molecule has 1 heterocycles. The second kappa shape index (κ2) is 22.7. The standard InChI is InChI=1S/C26H29NO.C23H28N4O2/c1-4-25(21-11-7-5-8-12-21)26(22-13-9-6-10-14-22)23-15-17-24(18-16-23)28-20-19-27(2)3;1-2-7-20-10-6-11-21(23(20)29)16-24-25-22(28)18-27-14-12-26(13-15-27)17-19-8-4-3-5-9-19/h5-18H,4,19-20H2,1-3H3;2-6,8-11,16,29H,1,7,12-15,17-18H2,(H,25,28)/b26-25-;24-16+. The number of benzene rings is 5. The van der Waals surface area contributed by atoms with E-state index in [-0.39, 0.29) is 11.7 Å². The Kier molecular flexibility index (Phi) is 16.8. The summed E-state index contributed by atoms with van der Waals surface area (Å²) in [5.74, 6) is 0.926. The van der Waals surface area contributed by atoms with E-state index in [4.69, 9.17) is 4.74 Å². The number of phenols is 1. The number of likely N-dealkylation sites (N-methyl/N-ethyl adjacent to an activating group) is 1. The predicted molar refractivity (Wildman–Crippen MR) is 235 cm³/mol. The Labute approximate surface area is 339 Å². The fourth-order valence-corrected chi connectivity index (χ4v) is 6.74. The fraction of sp³-hybridized carbons (Fsp3) is 0.265. The molecule has 0 unspecified atom stereocenters. The molecule has 1 aliphatic rings. The van der Waals surface area contributed by atoms with Gasteiger partial charge in [0.25, 0.3) is 5.91 Å². The van der Waals surface area contributed by atoms with Crippen LogP contribution >= 0.6 is 0 Å². The average Bonchev–Trinajstić information content (AvgIpc) is 3.23. The summed E-state index contributed by atoms with van der Waals surface area (Å²) in [6, 6.07) is 45.7. The van der Waals surface area contributed by atoms with Crippen molar-refractivity contribution in [1.29, 1.82) is 0 Å². The molecule has 0 atom stereocenters. The predicted octanol–water partition coefficient (Wildman–Crippen LogP) is 8.38. The lowest BCUT2D eigenvalue weighted by molar-refractivity contribution is -0.122. The first-order valence-corrected chi connectivity index (χ1v) is 19.8. The van der Waals surface area contributed by atoms with E-state index >= 15 is 0 Å². The van der Waals surface area contributed by atoms with Crippen LogP contribution in [0.15, 0.2) is 151 Å². The molecule has 1 fully saturated rings. The van der Waals surface area contributed by atoms with Crippen molar-refractivity contribution in [3.05, 3.63) is 179 Å². The Bertz CT molecular complexity index is 2020. The normalized spacial score (nSPS) is 13.8. The zero-order valence-electron chi connectivity index (χ0n) is 33.7. The smallest absolute Gasteiger partial charge is 0.254 e. The number of allylic oxidation sites excluding steroid dienone is 2. The zero-order valence-corrected chi connectivity index (χ0v) is 33.7. The number of para-hydroxylation sites is 1. The van der Waals surface area contributed by atoms with Gasteiger partial charge in [-0.2, -0.15) is 5.10 Å². The molecule has 296 valence electrons. The molecule has 8 nitrogen and oxygen atoms in total. The number of nitrogens with zero attached hydrogens (tertiary/aromatic N) is 4. The molecule has 0 spiro atoms. The molecule has 2 N–H and O–H groups in total. The lowest BCUT2D eigenvalue weighted by Gasteiger charge is -2.34. The summed E-state index contributed by atoms with van der Waals surface area (Å²) in [4.78, 5) is 18.8. The van der Waals surface area contributed by atoms with E-state index in [9.17, 15) is 9.90 Å². The van der Waals surface area contributed by atoms with Gasteiger partial charge in [0.2, 0.25) is 0 Å². The Morgan fingerprint density at radius 2 is 1.39 bits per heavy atom. The summed E-state index contributed by atoms with van der Waals surface area (Å²) < 4.78 is 5.87. The molecule has 1 saturated heterocycles. The minimum Gasteiger partial charge on any atom is -0.507 e. The van der Waals surface area contributed by atoms with Crippen molar-refractivity contribution in [3.63, 3.8) is 0 Å². The van der Waals surface area contributed by atoms with Crippen molar-refractivity contribution in [2.24, 2.45) is 5.10 Å². The van der Waals surface area contributed by atoms with E-state index in [2.05, 4.69) is 162 Å². The lowest BCUT2D eigenvalue weighted by Crippen LogP contribution is -2.48. The molecule has 1 amide bonds. The SMILES string of the molecule is C=CCc1cccc(/C=N/NC(=O)CN2CCN(Cc3ccccc3)CC2)c1O.CC/C(=C(\c1ccccc1)c1ccc(OCCN(C)C)cc1)c1ccccc1. The van der Waals surface area contributed by atoms with E-state index in [0.717, 1.165) is 57.0 Å². The van der Waals surface area contributed by atoms with Gasteiger partial charge in [-0.05, 0) is 84.1 Å². The van der Waals surface area contributed by atoms with E-state index in [1.165, 1.54) is 39.6 Å². The third-order valence-corrected chi connectivity index (χ3v) is 9.78. The zero-order chi connectivity index (χ0) is 40.2. The Morgan fingerprint density at radius 3 is 2.00 bits per heavy atom. The van der Waals surface area contributed by atoms with Crippen molar-refractivity contribution in [1.82, 2.24) is 20.1 Å². The molecule has 1 aliphatic heterocycles. The van der Waals surface area contributed by atoms with E-state index in [1.54, 1.807) is 12.1 Å². The Hall–Kier alpha value is -5.80. The first-order valence-electron chi connectivity index (χ1n) is 19.8. The topological polar surface area (TPSA) is 80.6 Å². The van der Waals surface area contributed by atoms with Gasteiger partial charge >= 0.3 is 0 Å². The summed E-state index contributed by atoms with van der Waals surface area (Å²) in [6.07, 6.45) is 4.75. The molecule has 0 aromatic heterocycles. The molecule has 0 bridgehead atoms. The maximum atomic E-state index is 12.2. The largest absolute Gasteiger partial charge is 0.507 e. The third kappa shape index (κ3) is 13.4. The average molecular weight is 764 g/mol. The van der Waals surface area contributed by atoms with E-state index in [0.29, 0.717) is 25.1 Å². The number of piperazine rings is 1. The summed E-state index contributed by atoms with van der Waals surface area (Å²) in [7, 11) is 4.11. The van der Waals surface area contributed by atoms with Gasteiger partial charge in [-0.1, -0.05) is 128 Å². The number of phenolic OH excluding ortho intramolecular Hbond substituents is 1. The number of carbonyl (C=O) groups excluding carboxylic acids is 1.